The third-order valence-electron chi connectivity index (χ3n) is 1.28. The van der Waals surface area contributed by atoms with Crippen molar-refractivity contribution in [3.05, 3.63) is 0 Å². The number of nitrogens with one attached hydrogen (secondary N) is 1. The SMILES string of the molecule is CNC(=O)[C@@H](N)COC(C)(C)C.Cl. The van der Waals surface area contributed by atoms with Crippen LogP contribution >= 0.6 is 12.4 Å². The number of amides is 1. The molecular weight excluding hydrogens is 192 g/mol. The van der Waals surface area contributed by atoms with Crippen molar-refractivity contribution in [3.8, 4) is 0 Å². The van der Waals surface area contributed by atoms with Crippen LogP contribution in [0.5, 0.6) is 0 Å². The molecule has 1 atom stereocenters. The van der Waals surface area contributed by atoms with Crippen molar-refractivity contribution in [1.82, 2.24) is 5.32 Å². The number of ether oxygens (including phenoxy) is 1. The van der Waals surface area contributed by atoms with Gasteiger partial charge in [0.2, 0.25) is 5.91 Å². The number of hydrogen-bond donors (Lipinski definition) is 2. The molecule has 0 unspecified atom stereocenters. The molecule has 3 N–H and O–H groups in total. The van der Waals surface area contributed by atoms with Gasteiger partial charge < -0.3 is 15.8 Å². The van der Waals surface area contributed by atoms with E-state index >= 15 is 0 Å². The number of carbonyl (C=O) groups is 1. The second-order valence-corrected chi connectivity index (χ2v) is 3.64. The number of nitrogens with two attached hydrogens (primary N) is 1. The van der Waals surface area contributed by atoms with Crippen LogP contribution in [0.25, 0.3) is 0 Å². The number of carbonyl (C=O) groups excluding carboxylic acids is 1. The normalized spacial score (nSPS) is 13.0. The van der Waals surface area contributed by atoms with Gasteiger partial charge in [-0.25, -0.2) is 0 Å². The maximum Gasteiger partial charge on any atom is 0.239 e. The fraction of sp³-hybridized carbons (Fsp3) is 0.875. The topological polar surface area (TPSA) is 64.4 Å². The second kappa shape index (κ2) is 6.18. The van der Waals surface area contributed by atoms with E-state index in [0.29, 0.717) is 0 Å². The maximum atomic E-state index is 10.9. The maximum absolute atomic E-state index is 10.9. The van der Waals surface area contributed by atoms with Gasteiger partial charge in [0.05, 0.1) is 12.2 Å². The molecule has 0 bridgehead atoms. The van der Waals surface area contributed by atoms with E-state index < -0.39 is 6.04 Å². The number of likely N-dealkylation sites (N-methyl/N-ethyl adjacent to an activating group) is 1. The highest BCUT2D eigenvalue weighted by Gasteiger charge is 2.16. The zero-order chi connectivity index (χ0) is 9.78. The van der Waals surface area contributed by atoms with Crippen LogP contribution in [0.1, 0.15) is 20.8 Å². The Balaban J connectivity index is 0. The number of rotatable bonds is 3. The number of halogens is 1. The van der Waals surface area contributed by atoms with E-state index in [1.807, 2.05) is 20.8 Å². The highest BCUT2D eigenvalue weighted by Crippen LogP contribution is 2.06. The Hall–Kier alpha value is -0.320. The molecule has 0 aliphatic heterocycles. The zero-order valence-electron chi connectivity index (χ0n) is 8.59. The van der Waals surface area contributed by atoms with Gasteiger partial charge in [0.15, 0.2) is 0 Å². The van der Waals surface area contributed by atoms with Crippen molar-refractivity contribution >= 4 is 18.3 Å². The Kier molecular flexibility index (Phi) is 7.21. The van der Waals surface area contributed by atoms with Crippen molar-refractivity contribution in [1.29, 1.82) is 0 Å². The molecule has 1 amide bonds. The first-order valence-corrected chi connectivity index (χ1v) is 3.98. The van der Waals surface area contributed by atoms with Crippen LogP contribution in [0.4, 0.5) is 0 Å². The van der Waals surface area contributed by atoms with Gasteiger partial charge in [0.25, 0.3) is 0 Å². The largest absolute Gasteiger partial charge is 0.374 e. The van der Waals surface area contributed by atoms with Gasteiger partial charge in [-0.1, -0.05) is 0 Å². The van der Waals surface area contributed by atoms with Gasteiger partial charge in [-0.3, -0.25) is 4.79 Å². The van der Waals surface area contributed by atoms with E-state index in [2.05, 4.69) is 5.32 Å². The summed E-state index contributed by atoms with van der Waals surface area (Å²) < 4.78 is 5.33. The highest BCUT2D eigenvalue weighted by molar-refractivity contribution is 5.85. The van der Waals surface area contributed by atoms with Crippen LogP contribution in [0.2, 0.25) is 0 Å². The van der Waals surface area contributed by atoms with E-state index in [-0.39, 0.29) is 30.5 Å². The molecule has 0 fully saturated rings. The van der Waals surface area contributed by atoms with E-state index in [9.17, 15) is 4.79 Å². The molecule has 0 heterocycles. The molecule has 0 aliphatic rings. The lowest BCUT2D eigenvalue weighted by Gasteiger charge is -2.21. The van der Waals surface area contributed by atoms with Crippen molar-refractivity contribution in [2.24, 2.45) is 5.73 Å². The first-order chi connectivity index (χ1) is 5.37. The molecule has 0 saturated heterocycles. The molecule has 0 aliphatic carbocycles. The molecule has 5 heteroatoms. The molecule has 0 rings (SSSR count). The van der Waals surface area contributed by atoms with Gasteiger partial charge in [-0.15, -0.1) is 12.4 Å². The molecule has 0 spiro atoms. The van der Waals surface area contributed by atoms with Crippen LogP contribution < -0.4 is 11.1 Å². The van der Waals surface area contributed by atoms with Gasteiger partial charge >= 0.3 is 0 Å². The molecule has 0 radical (unpaired) electrons. The molecule has 0 aromatic heterocycles. The summed E-state index contributed by atoms with van der Waals surface area (Å²) in [6, 6.07) is -0.575. The Morgan fingerprint density at radius 2 is 2.00 bits per heavy atom. The predicted octanol–water partition coefficient (Wildman–Crippen LogP) is 0.297. The second-order valence-electron chi connectivity index (χ2n) is 3.64. The average molecular weight is 211 g/mol. The molecule has 0 saturated carbocycles. The summed E-state index contributed by atoms with van der Waals surface area (Å²) in [7, 11) is 1.55. The Labute approximate surface area is 85.6 Å². The summed E-state index contributed by atoms with van der Waals surface area (Å²) in [4.78, 5) is 10.9. The average Bonchev–Trinajstić information content (AvgIpc) is 1.97. The lowest BCUT2D eigenvalue weighted by Crippen LogP contribution is -2.43. The van der Waals surface area contributed by atoms with Crippen molar-refractivity contribution < 1.29 is 9.53 Å². The van der Waals surface area contributed by atoms with Crippen LogP contribution in [0, 0.1) is 0 Å². The minimum Gasteiger partial charge on any atom is -0.374 e. The standard InChI is InChI=1S/C8H18N2O2.ClH/c1-8(2,3)12-5-6(9)7(11)10-4;/h6H,5,9H2,1-4H3,(H,10,11);1H/t6-;/m0./s1. The molecular formula is C8H19ClN2O2. The van der Waals surface area contributed by atoms with Crippen LogP contribution in [-0.4, -0.2) is 31.2 Å². The Morgan fingerprint density at radius 1 is 1.54 bits per heavy atom. The van der Waals surface area contributed by atoms with Gasteiger partial charge in [0, 0.05) is 7.05 Å². The van der Waals surface area contributed by atoms with E-state index in [1.165, 1.54) is 0 Å². The lowest BCUT2D eigenvalue weighted by atomic mass is 10.2. The molecule has 13 heavy (non-hydrogen) atoms. The lowest BCUT2D eigenvalue weighted by molar-refractivity contribution is -0.124. The predicted molar refractivity (Wildman–Crippen MR) is 55.0 cm³/mol. The van der Waals surface area contributed by atoms with Crippen LogP contribution in [0.15, 0.2) is 0 Å². The van der Waals surface area contributed by atoms with Crippen molar-refractivity contribution in [2.75, 3.05) is 13.7 Å². The minimum atomic E-state index is -0.575. The minimum absolute atomic E-state index is 0. The van der Waals surface area contributed by atoms with E-state index in [1.54, 1.807) is 7.05 Å². The smallest absolute Gasteiger partial charge is 0.239 e. The molecule has 0 aromatic rings. The molecule has 0 aromatic carbocycles. The summed E-state index contributed by atoms with van der Waals surface area (Å²) >= 11 is 0. The van der Waals surface area contributed by atoms with Crippen LogP contribution in [-0.2, 0) is 9.53 Å². The monoisotopic (exact) mass is 210 g/mol. The summed E-state index contributed by atoms with van der Waals surface area (Å²) in [6.07, 6.45) is 0. The van der Waals surface area contributed by atoms with E-state index in [0.717, 1.165) is 0 Å². The Bertz CT molecular complexity index is 157. The number of hydrogen-bond acceptors (Lipinski definition) is 3. The van der Waals surface area contributed by atoms with Gasteiger partial charge in [-0.05, 0) is 20.8 Å². The highest BCUT2D eigenvalue weighted by atomic mass is 35.5. The van der Waals surface area contributed by atoms with Crippen LogP contribution in [0.3, 0.4) is 0 Å². The zero-order valence-corrected chi connectivity index (χ0v) is 9.40. The van der Waals surface area contributed by atoms with E-state index in [4.69, 9.17) is 10.5 Å². The summed E-state index contributed by atoms with van der Waals surface area (Å²) in [5.41, 5.74) is 5.25. The third kappa shape index (κ3) is 8.02. The first kappa shape index (κ1) is 15.2. The third-order valence-corrected chi connectivity index (χ3v) is 1.28. The summed E-state index contributed by atoms with van der Waals surface area (Å²) in [5.74, 6) is -0.195. The van der Waals surface area contributed by atoms with Gasteiger partial charge in [0.1, 0.15) is 6.04 Å². The Morgan fingerprint density at radius 3 is 2.31 bits per heavy atom. The summed E-state index contributed by atoms with van der Waals surface area (Å²) in [5, 5.41) is 2.46. The van der Waals surface area contributed by atoms with Crippen molar-refractivity contribution in [2.45, 2.75) is 32.4 Å². The summed E-state index contributed by atoms with van der Waals surface area (Å²) in [6.45, 7) is 6.01. The first-order valence-electron chi connectivity index (χ1n) is 3.98. The fourth-order valence-electron chi connectivity index (χ4n) is 0.601. The fourth-order valence-corrected chi connectivity index (χ4v) is 0.601. The van der Waals surface area contributed by atoms with Gasteiger partial charge in [-0.2, -0.15) is 0 Å². The molecule has 4 nitrogen and oxygen atoms in total. The molecule has 80 valence electrons. The van der Waals surface area contributed by atoms with Crippen molar-refractivity contribution in [3.63, 3.8) is 0 Å². The quantitative estimate of drug-likeness (QED) is 0.704.